The number of carbonyl (C=O) groups excluding carboxylic acids is 2. The highest BCUT2D eigenvalue weighted by Gasteiger charge is 2.13. The van der Waals surface area contributed by atoms with E-state index < -0.39 is 11.9 Å². The summed E-state index contributed by atoms with van der Waals surface area (Å²) >= 11 is 1.08. The molecule has 0 unspecified atom stereocenters. The molecule has 0 bridgehead atoms. The molecule has 0 fully saturated rings. The van der Waals surface area contributed by atoms with Gasteiger partial charge in [-0.1, -0.05) is 18.2 Å². The van der Waals surface area contributed by atoms with Crippen LogP contribution in [0.2, 0.25) is 0 Å². The number of benzene rings is 2. The van der Waals surface area contributed by atoms with Crippen molar-refractivity contribution in [1.29, 1.82) is 0 Å². The van der Waals surface area contributed by atoms with Gasteiger partial charge in [0.15, 0.2) is 5.58 Å². The van der Waals surface area contributed by atoms with Crippen LogP contribution in [0, 0.1) is 6.92 Å². The Balaban J connectivity index is 1.41. The standard InChI is InChI=1S/C21H16N4O3S/c1-13-4-2-3-5-16(13)19(26)24-21(27)25-29-15-6-7-18-17(12-15)23-20(28-18)14-8-10-22-11-9-14/h2-12H,1H3,(H2,24,25,26,27). The van der Waals surface area contributed by atoms with Gasteiger partial charge in [0.05, 0.1) is 0 Å². The summed E-state index contributed by atoms with van der Waals surface area (Å²) in [4.78, 5) is 33.5. The summed E-state index contributed by atoms with van der Waals surface area (Å²) in [5.74, 6) is 0.0502. The highest BCUT2D eigenvalue weighted by Crippen LogP contribution is 2.26. The number of pyridine rings is 1. The molecule has 0 saturated heterocycles. The van der Waals surface area contributed by atoms with Gasteiger partial charge in [-0.05, 0) is 60.8 Å². The largest absolute Gasteiger partial charge is 0.436 e. The quantitative estimate of drug-likeness (QED) is 0.491. The van der Waals surface area contributed by atoms with Gasteiger partial charge in [-0.15, -0.1) is 0 Å². The average Bonchev–Trinajstić information content (AvgIpc) is 3.16. The molecule has 2 heterocycles. The van der Waals surface area contributed by atoms with Crippen LogP contribution in [0.25, 0.3) is 22.6 Å². The number of oxazole rings is 1. The molecule has 144 valence electrons. The zero-order valence-corrected chi connectivity index (χ0v) is 16.2. The number of nitrogens with zero attached hydrogens (tertiary/aromatic N) is 2. The Kier molecular flexibility index (Phi) is 5.26. The van der Waals surface area contributed by atoms with Gasteiger partial charge in [0.25, 0.3) is 5.91 Å². The smallest absolute Gasteiger partial charge is 0.331 e. The third kappa shape index (κ3) is 4.27. The fourth-order valence-electron chi connectivity index (χ4n) is 2.72. The lowest BCUT2D eigenvalue weighted by Crippen LogP contribution is -2.36. The van der Waals surface area contributed by atoms with Crippen LogP contribution in [-0.2, 0) is 0 Å². The number of urea groups is 1. The zero-order valence-electron chi connectivity index (χ0n) is 15.4. The summed E-state index contributed by atoms with van der Waals surface area (Å²) in [7, 11) is 0. The lowest BCUT2D eigenvalue weighted by molar-refractivity contribution is 0.0965. The van der Waals surface area contributed by atoms with Crippen molar-refractivity contribution in [3.63, 3.8) is 0 Å². The van der Waals surface area contributed by atoms with Crippen LogP contribution in [0.3, 0.4) is 0 Å². The van der Waals surface area contributed by atoms with E-state index in [-0.39, 0.29) is 0 Å². The van der Waals surface area contributed by atoms with Crippen LogP contribution in [-0.4, -0.2) is 21.9 Å². The normalized spacial score (nSPS) is 10.7. The molecule has 2 N–H and O–H groups in total. The fraction of sp³-hybridized carbons (Fsp3) is 0.0476. The van der Waals surface area contributed by atoms with Crippen LogP contribution < -0.4 is 10.0 Å². The number of aryl methyl sites for hydroxylation is 1. The number of aromatic nitrogens is 2. The van der Waals surface area contributed by atoms with Gasteiger partial charge in [-0.2, -0.15) is 0 Å². The Morgan fingerprint density at radius 1 is 1.03 bits per heavy atom. The molecule has 2 aromatic heterocycles. The number of hydrogen-bond acceptors (Lipinski definition) is 6. The van der Waals surface area contributed by atoms with E-state index in [9.17, 15) is 9.59 Å². The van der Waals surface area contributed by atoms with Gasteiger partial charge in [-0.25, -0.2) is 9.78 Å². The molecule has 3 amide bonds. The Morgan fingerprint density at radius 2 is 1.83 bits per heavy atom. The molecule has 0 aliphatic carbocycles. The monoisotopic (exact) mass is 404 g/mol. The molecule has 4 aromatic rings. The van der Waals surface area contributed by atoms with E-state index in [2.05, 4.69) is 20.0 Å². The third-order valence-corrected chi connectivity index (χ3v) is 4.94. The molecule has 29 heavy (non-hydrogen) atoms. The predicted molar refractivity (Wildman–Crippen MR) is 110 cm³/mol. The summed E-state index contributed by atoms with van der Waals surface area (Å²) < 4.78 is 8.36. The molecule has 8 heteroatoms. The van der Waals surface area contributed by atoms with Crippen molar-refractivity contribution in [2.45, 2.75) is 11.8 Å². The Morgan fingerprint density at radius 3 is 2.62 bits per heavy atom. The lowest BCUT2D eigenvalue weighted by Gasteiger charge is -2.07. The third-order valence-electron chi connectivity index (χ3n) is 4.16. The average molecular weight is 404 g/mol. The number of hydrogen-bond donors (Lipinski definition) is 2. The van der Waals surface area contributed by atoms with E-state index >= 15 is 0 Å². The second-order valence-electron chi connectivity index (χ2n) is 6.19. The van der Waals surface area contributed by atoms with Gasteiger partial charge < -0.3 is 4.42 Å². The van der Waals surface area contributed by atoms with Crippen molar-refractivity contribution < 1.29 is 14.0 Å². The van der Waals surface area contributed by atoms with Gasteiger partial charge in [0, 0.05) is 28.4 Å². The number of fused-ring (bicyclic) bond motifs is 1. The summed E-state index contributed by atoms with van der Waals surface area (Å²) in [6, 6.07) is 15.5. The van der Waals surface area contributed by atoms with Crippen LogP contribution in [0.5, 0.6) is 0 Å². The molecular formula is C21H16N4O3S. The Bertz CT molecular complexity index is 1190. The van der Waals surface area contributed by atoms with Gasteiger partial charge in [-0.3, -0.25) is 19.8 Å². The van der Waals surface area contributed by atoms with Crippen molar-refractivity contribution in [3.8, 4) is 11.5 Å². The second kappa shape index (κ2) is 8.15. The number of carbonyl (C=O) groups is 2. The first kappa shape index (κ1) is 18.7. The molecule has 0 spiro atoms. The first-order valence-corrected chi connectivity index (χ1v) is 9.56. The first-order chi connectivity index (χ1) is 14.1. The van der Waals surface area contributed by atoms with Gasteiger partial charge >= 0.3 is 6.03 Å². The Labute approximate surface area is 170 Å². The highest BCUT2D eigenvalue weighted by molar-refractivity contribution is 7.98. The molecule has 0 saturated carbocycles. The molecule has 0 aliphatic heterocycles. The van der Waals surface area contributed by atoms with E-state index in [1.807, 2.05) is 31.2 Å². The summed E-state index contributed by atoms with van der Waals surface area (Å²) in [5.41, 5.74) is 3.39. The van der Waals surface area contributed by atoms with Gasteiger partial charge in [0.2, 0.25) is 5.89 Å². The second-order valence-corrected chi connectivity index (χ2v) is 7.07. The maximum Gasteiger partial charge on any atom is 0.331 e. The van der Waals surface area contributed by atoms with Crippen molar-refractivity contribution in [2.24, 2.45) is 0 Å². The zero-order chi connectivity index (χ0) is 20.2. The predicted octanol–water partition coefficient (Wildman–Crippen LogP) is 4.34. The van der Waals surface area contributed by atoms with Crippen molar-refractivity contribution >= 4 is 35.0 Å². The minimum Gasteiger partial charge on any atom is -0.436 e. The molecule has 4 rings (SSSR count). The van der Waals surface area contributed by atoms with E-state index in [0.29, 0.717) is 22.6 Å². The minimum absolute atomic E-state index is 0.449. The molecule has 2 aromatic carbocycles. The summed E-state index contributed by atoms with van der Waals surface area (Å²) in [6.07, 6.45) is 3.35. The van der Waals surface area contributed by atoms with E-state index in [0.717, 1.165) is 28.0 Å². The number of nitrogens with one attached hydrogen (secondary N) is 2. The summed E-state index contributed by atoms with van der Waals surface area (Å²) in [5, 5.41) is 2.32. The fourth-order valence-corrected chi connectivity index (χ4v) is 3.29. The first-order valence-electron chi connectivity index (χ1n) is 8.75. The van der Waals surface area contributed by atoms with E-state index in [4.69, 9.17) is 4.42 Å². The number of amides is 3. The van der Waals surface area contributed by atoms with Crippen LogP contribution in [0.4, 0.5) is 4.79 Å². The Hall–Kier alpha value is -3.65. The van der Waals surface area contributed by atoms with Crippen LogP contribution in [0.1, 0.15) is 15.9 Å². The van der Waals surface area contributed by atoms with Crippen molar-refractivity contribution in [2.75, 3.05) is 0 Å². The molecular weight excluding hydrogens is 388 g/mol. The van der Waals surface area contributed by atoms with E-state index in [1.165, 1.54) is 0 Å². The number of rotatable bonds is 4. The summed E-state index contributed by atoms with van der Waals surface area (Å²) in [6.45, 7) is 1.81. The van der Waals surface area contributed by atoms with E-state index in [1.54, 1.807) is 42.7 Å². The van der Waals surface area contributed by atoms with Crippen LogP contribution in [0.15, 0.2) is 76.3 Å². The molecule has 0 atom stereocenters. The maximum atomic E-state index is 12.2. The topological polar surface area (TPSA) is 97.1 Å². The lowest BCUT2D eigenvalue weighted by atomic mass is 10.1. The van der Waals surface area contributed by atoms with Crippen molar-refractivity contribution in [1.82, 2.24) is 20.0 Å². The minimum atomic E-state index is -0.596. The SMILES string of the molecule is Cc1ccccc1C(=O)NC(=O)NSc1ccc2oc(-c3ccncc3)nc2c1. The van der Waals surface area contributed by atoms with Crippen LogP contribution >= 0.6 is 11.9 Å². The molecule has 0 aliphatic rings. The van der Waals surface area contributed by atoms with Crippen molar-refractivity contribution in [3.05, 3.63) is 78.1 Å². The van der Waals surface area contributed by atoms with Gasteiger partial charge in [0.1, 0.15) is 5.52 Å². The highest BCUT2D eigenvalue weighted by atomic mass is 32.2. The molecule has 0 radical (unpaired) electrons. The molecule has 7 nitrogen and oxygen atoms in total. The number of imide groups is 1. The maximum absolute atomic E-state index is 12.2.